The van der Waals surface area contributed by atoms with E-state index in [1.165, 1.54) is 6.42 Å². The number of carboxylic acid groups (broad SMARTS) is 1. The molecule has 19 heavy (non-hydrogen) atoms. The number of hydrogen-bond acceptors (Lipinski definition) is 3. The van der Waals surface area contributed by atoms with Gasteiger partial charge in [-0.1, -0.05) is 13.8 Å². The summed E-state index contributed by atoms with van der Waals surface area (Å²) >= 11 is 0. The predicted molar refractivity (Wildman–Crippen MR) is 70.8 cm³/mol. The Balaban J connectivity index is 1.60. The molecule has 0 amide bonds. The van der Waals surface area contributed by atoms with Crippen LogP contribution in [0.4, 0.5) is 0 Å². The molecule has 0 aromatic carbocycles. The fourth-order valence-corrected chi connectivity index (χ4v) is 3.14. The number of rotatable bonds is 4. The van der Waals surface area contributed by atoms with Crippen LogP contribution in [-0.4, -0.2) is 29.1 Å². The van der Waals surface area contributed by atoms with Crippen molar-refractivity contribution in [2.24, 2.45) is 17.8 Å². The second kappa shape index (κ2) is 4.67. The summed E-state index contributed by atoms with van der Waals surface area (Å²) in [5, 5.41) is 9.13. The fraction of sp³-hybridized carbons (Fsp3) is 0.667. The molecule has 2 unspecified atom stereocenters. The molecule has 4 heteroatoms. The Labute approximate surface area is 113 Å². The molecule has 1 saturated carbocycles. The first-order chi connectivity index (χ1) is 9.04. The van der Waals surface area contributed by atoms with Crippen LogP contribution in [0.3, 0.4) is 0 Å². The largest absolute Gasteiger partial charge is 0.481 e. The van der Waals surface area contributed by atoms with Crippen molar-refractivity contribution in [1.82, 2.24) is 4.90 Å². The first-order valence-electron chi connectivity index (χ1n) is 7.08. The summed E-state index contributed by atoms with van der Waals surface area (Å²) in [6, 6.07) is 4.12. The summed E-state index contributed by atoms with van der Waals surface area (Å²) < 4.78 is 5.88. The number of aliphatic carboxylic acids is 1. The molecule has 1 aromatic heterocycles. The molecule has 1 saturated heterocycles. The number of carbonyl (C=O) groups is 1. The van der Waals surface area contributed by atoms with Crippen LogP contribution in [0.25, 0.3) is 0 Å². The second-order valence-corrected chi connectivity index (χ2v) is 6.24. The molecule has 0 radical (unpaired) electrons. The molecule has 2 aliphatic rings. The minimum atomic E-state index is -0.679. The zero-order valence-corrected chi connectivity index (χ0v) is 11.5. The van der Waals surface area contributed by atoms with Crippen LogP contribution in [0.1, 0.15) is 37.7 Å². The Morgan fingerprint density at radius 3 is 2.68 bits per heavy atom. The van der Waals surface area contributed by atoms with Gasteiger partial charge in [-0.3, -0.25) is 9.69 Å². The van der Waals surface area contributed by atoms with Gasteiger partial charge in [-0.05, 0) is 30.4 Å². The Morgan fingerprint density at radius 2 is 2.11 bits per heavy atom. The van der Waals surface area contributed by atoms with Crippen LogP contribution < -0.4 is 0 Å². The Kier molecular flexibility index (Phi) is 3.13. The van der Waals surface area contributed by atoms with Crippen LogP contribution in [0, 0.1) is 17.8 Å². The molecule has 4 nitrogen and oxygen atoms in total. The van der Waals surface area contributed by atoms with Gasteiger partial charge in [0.25, 0.3) is 0 Å². The first-order valence-corrected chi connectivity index (χ1v) is 7.08. The smallest absolute Gasteiger partial charge is 0.308 e. The Morgan fingerprint density at radius 1 is 1.37 bits per heavy atom. The first kappa shape index (κ1) is 12.7. The van der Waals surface area contributed by atoms with Crippen LogP contribution in [0.2, 0.25) is 0 Å². The average molecular weight is 263 g/mol. The number of likely N-dealkylation sites (tertiary alicyclic amines) is 1. The third-order valence-electron chi connectivity index (χ3n) is 4.54. The van der Waals surface area contributed by atoms with E-state index >= 15 is 0 Å². The molecular formula is C15H21NO3. The van der Waals surface area contributed by atoms with E-state index in [1.54, 1.807) is 0 Å². The van der Waals surface area contributed by atoms with Crippen molar-refractivity contribution in [2.45, 2.75) is 32.7 Å². The van der Waals surface area contributed by atoms with Crippen LogP contribution in [0.5, 0.6) is 0 Å². The molecule has 1 N–H and O–H groups in total. The quantitative estimate of drug-likeness (QED) is 0.907. The fourth-order valence-electron chi connectivity index (χ4n) is 3.14. The highest BCUT2D eigenvalue weighted by Gasteiger charge is 2.37. The summed E-state index contributed by atoms with van der Waals surface area (Å²) in [5.41, 5.74) is 0. The van der Waals surface area contributed by atoms with E-state index in [4.69, 9.17) is 9.52 Å². The maximum Gasteiger partial charge on any atom is 0.308 e. The molecule has 2 heterocycles. The lowest BCUT2D eigenvalue weighted by atomic mass is 9.99. The van der Waals surface area contributed by atoms with Crippen LogP contribution in [0.15, 0.2) is 16.5 Å². The molecule has 4 atom stereocenters. The van der Waals surface area contributed by atoms with Gasteiger partial charge < -0.3 is 9.52 Å². The average Bonchev–Trinajstić information content (AvgIpc) is 2.76. The molecule has 2 fully saturated rings. The monoisotopic (exact) mass is 263 g/mol. The van der Waals surface area contributed by atoms with Crippen molar-refractivity contribution in [3.8, 4) is 0 Å². The zero-order valence-electron chi connectivity index (χ0n) is 11.5. The number of nitrogens with zero attached hydrogens (tertiary/aromatic N) is 1. The van der Waals surface area contributed by atoms with E-state index in [-0.39, 0.29) is 11.8 Å². The van der Waals surface area contributed by atoms with Gasteiger partial charge in [0.05, 0.1) is 12.5 Å². The minimum absolute atomic E-state index is 0.218. The van der Waals surface area contributed by atoms with Gasteiger partial charge in [-0.25, -0.2) is 0 Å². The standard InChI is InChI=1S/C15H21NO3/c1-9-5-12(9)14-4-3-11(19-14)7-16-6-10(2)13(8-16)15(17)18/h3-4,9-10,12-13H,5-8H2,1-2H3,(H,17,18)/t9?,10-,12?,13-/m1/s1. The van der Waals surface area contributed by atoms with Gasteiger partial charge in [0.2, 0.25) is 0 Å². The third kappa shape index (κ3) is 2.54. The molecule has 0 bridgehead atoms. The molecule has 1 aliphatic heterocycles. The maximum absolute atomic E-state index is 11.1. The molecule has 1 aromatic rings. The van der Waals surface area contributed by atoms with Crippen molar-refractivity contribution in [2.75, 3.05) is 13.1 Å². The van der Waals surface area contributed by atoms with Crippen LogP contribution >= 0.6 is 0 Å². The predicted octanol–water partition coefficient (Wildman–Crippen LogP) is 2.56. The summed E-state index contributed by atoms with van der Waals surface area (Å²) in [4.78, 5) is 13.3. The molecular weight excluding hydrogens is 242 g/mol. The molecule has 3 rings (SSSR count). The van der Waals surface area contributed by atoms with E-state index in [0.29, 0.717) is 12.5 Å². The Hall–Kier alpha value is -1.29. The van der Waals surface area contributed by atoms with E-state index in [9.17, 15) is 4.79 Å². The lowest BCUT2D eigenvalue weighted by Gasteiger charge is -2.12. The van der Waals surface area contributed by atoms with Crippen LogP contribution in [-0.2, 0) is 11.3 Å². The minimum Gasteiger partial charge on any atom is -0.481 e. The highest BCUT2D eigenvalue weighted by Crippen LogP contribution is 2.47. The van der Waals surface area contributed by atoms with Gasteiger partial charge in [-0.2, -0.15) is 0 Å². The normalized spacial score (nSPS) is 34.6. The highest BCUT2D eigenvalue weighted by molar-refractivity contribution is 5.71. The molecule has 104 valence electrons. The lowest BCUT2D eigenvalue weighted by molar-refractivity contribution is -0.142. The lowest BCUT2D eigenvalue weighted by Crippen LogP contribution is -2.22. The summed E-state index contributed by atoms with van der Waals surface area (Å²) in [5.74, 6) is 2.73. The van der Waals surface area contributed by atoms with Crippen molar-refractivity contribution in [3.63, 3.8) is 0 Å². The summed E-state index contributed by atoms with van der Waals surface area (Å²) in [7, 11) is 0. The Bertz CT molecular complexity index is 481. The van der Waals surface area contributed by atoms with Gasteiger partial charge in [0.1, 0.15) is 11.5 Å². The van der Waals surface area contributed by atoms with Gasteiger partial charge in [-0.15, -0.1) is 0 Å². The second-order valence-electron chi connectivity index (χ2n) is 6.24. The van der Waals surface area contributed by atoms with E-state index in [2.05, 4.69) is 17.9 Å². The highest BCUT2D eigenvalue weighted by atomic mass is 16.4. The molecule has 0 spiro atoms. The van der Waals surface area contributed by atoms with Gasteiger partial charge in [0.15, 0.2) is 0 Å². The third-order valence-corrected chi connectivity index (χ3v) is 4.54. The SMILES string of the molecule is CC1CC1c1ccc(CN2C[C@@H](C)[C@H](C(=O)O)C2)o1. The van der Waals surface area contributed by atoms with Crippen molar-refractivity contribution in [3.05, 3.63) is 23.7 Å². The number of carboxylic acids is 1. The summed E-state index contributed by atoms with van der Waals surface area (Å²) in [6.07, 6.45) is 1.23. The van der Waals surface area contributed by atoms with Gasteiger partial charge in [0, 0.05) is 19.0 Å². The van der Waals surface area contributed by atoms with Crippen molar-refractivity contribution in [1.29, 1.82) is 0 Å². The van der Waals surface area contributed by atoms with E-state index in [1.807, 2.05) is 13.0 Å². The topological polar surface area (TPSA) is 53.7 Å². The van der Waals surface area contributed by atoms with Crippen molar-refractivity contribution < 1.29 is 14.3 Å². The summed E-state index contributed by atoms with van der Waals surface area (Å²) in [6.45, 7) is 6.46. The number of furan rings is 1. The number of hydrogen-bond donors (Lipinski definition) is 1. The van der Waals surface area contributed by atoms with E-state index < -0.39 is 5.97 Å². The maximum atomic E-state index is 11.1. The van der Waals surface area contributed by atoms with E-state index in [0.717, 1.165) is 30.5 Å². The van der Waals surface area contributed by atoms with Crippen molar-refractivity contribution >= 4 is 5.97 Å². The molecule has 1 aliphatic carbocycles. The van der Waals surface area contributed by atoms with Gasteiger partial charge >= 0.3 is 5.97 Å². The zero-order chi connectivity index (χ0) is 13.6.